The molecule has 12 rings (SSSR count). The van der Waals surface area contributed by atoms with E-state index in [9.17, 15) is 0 Å². The molecule has 0 atom stereocenters. The van der Waals surface area contributed by atoms with E-state index in [-0.39, 0.29) is 0 Å². The van der Waals surface area contributed by atoms with Gasteiger partial charge in [-0.1, -0.05) is 121 Å². The molecule has 0 heterocycles. The predicted molar refractivity (Wildman–Crippen MR) is 338 cm³/mol. The van der Waals surface area contributed by atoms with Crippen molar-refractivity contribution in [1.82, 2.24) is 0 Å². The van der Waals surface area contributed by atoms with Gasteiger partial charge in [0, 0.05) is 33.5 Å². The van der Waals surface area contributed by atoms with E-state index in [4.69, 9.17) is 0 Å². The van der Waals surface area contributed by atoms with Crippen molar-refractivity contribution in [2.75, 3.05) is 9.80 Å². The zero-order valence-corrected chi connectivity index (χ0v) is 47.4. The van der Waals surface area contributed by atoms with Crippen LogP contribution in [0.4, 0.5) is 34.1 Å². The summed E-state index contributed by atoms with van der Waals surface area (Å²) in [5.41, 5.74) is 31.9. The Balaban J connectivity index is 1.15. The van der Waals surface area contributed by atoms with Crippen LogP contribution in [-0.2, 0) is 0 Å². The third-order valence-corrected chi connectivity index (χ3v) is 16.5. The highest BCUT2D eigenvalue weighted by Crippen LogP contribution is 2.50. The summed E-state index contributed by atoms with van der Waals surface area (Å²) in [6.45, 7) is 26.9. The number of hydrogen-bond donors (Lipinski definition) is 0. The molecule has 12 aromatic rings. The van der Waals surface area contributed by atoms with Crippen LogP contribution in [0.3, 0.4) is 0 Å². The molecule has 0 unspecified atom stereocenters. The van der Waals surface area contributed by atoms with Gasteiger partial charge in [-0.15, -0.1) is 0 Å². The third-order valence-electron chi connectivity index (χ3n) is 16.5. The lowest BCUT2D eigenvalue weighted by Gasteiger charge is -2.31. The fourth-order valence-electron chi connectivity index (χ4n) is 13.3. The molecule has 0 N–H and O–H groups in total. The Hall–Kier alpha value is -8.72. The lowest BCUT2D eigenvalue weighted by Crippen LogP contribution is -2.13. The molecule has 0 aliphatic rings. The zero-order chi connectivity index (χ0) is 54.3. The highest BCUT2D eigenvalue weighted by molar-refractivity contribution is 6.28. The molecular formula is C76H68N2. The first-order valence-electron chi connectivity index (χ1n) is 27.6. The van der Waals surface area contributed by atoms with Crippen molar-refractivity contribution < 1.29 is 0 Å². The first-order valence-corrected chi connectivity index (χ1v) is 27.6. The number of rotatable bonds is 10. The molecule has 0 bridgehead atoms. The highest BCUT2D eigenvalue weighted by Gasteiger charge is 2.25. The van der Waals surface area contributed by atoms with Crippen LogP contribution in [-0.4, -0.2) is 0 Å². The van der Waals surface area contributed by atoms with Gasteiger partial charge in [0.1, 0.15) is 0 Å². The van der Waals surface area contributed by atoms with Gasteiger partial charge in [-0.25, -0.2) is 0 Å². The Morgan fingerprint density at radius 3 is 0.744 bits per heavy atom. The molecule has 2 nitrogen and oxygen atoms in total. The van der Waals surface area contributed by atoms with E-state index >= 15 is 0 Å². The van der Waals surface area contributed by atoms with Crippen molar-refractivity contribution in [2.24, 2.45) is 0 Å². The van der Waals surface area contributed by atoms with Crippen LogP contribution in [0.2, 0.25) is 0 Å². The molecule has 78 heavy (non-hydrogen) atoms. The number of nitrogens with zero attached hydrogens (tertiary/aromatic N) is 2. The molecule has 0 aliphatic carbocycles. The topological polar surface area (TPSA) is 6.48 Å². The van der Waals surface area contributed by atoms with E-state index in [1.165, 1.54) is 144 Å². The summed E-state index contributed by atoms with van der Waals surface area (Å²) in [4.78, 5) is 5.08. The summed E-state index contributed by atoms with van der Waals surface area (Å²) < 4.78 is 0. The predicted octanol–water partition coefficient (Wildman–Crippen LogP) is 21.9. The standard InChI is InChI=1S/C76H68N2/c1-45-33-46(2)36-63(35-45)77(65-41-59(71-49(5)17-13-18-50(71)6)39-60(42-65)72-51(7)19-14-20-52(72)8)69-31-27-57-26-30-68-70(32-28-58-25-29-67(69)75(57)76(58)68)78(64-37-47(3)34-48(4)38-64)66-43-61(73-53(9)21-15-22-54(73)10)40-62(44-66)74-55(11)23-16-24-56(74)12/h13-44H,1-12H3. The average molecular weight is 1010 g/mol. The summed E-state index contributed by atoms with van der Waals surface area (Å²) in [7, 11) is 0. The normalized spacial score (nSPS) is 11.6. The Labute approximate surface area is 462 Å². The van der Waals surface area contributed by atoms with Crippen molar-refractivity contribution in [3.05, 3.63) is 261 Å². The first-order chi connectivity index (χ1) is 37.6. The van der Waals surface area contributed by atoms with E-state index in [1.807, 2.05) is 0 Å². The first kappa shape index (κ1) is 50.1. The summed E-state index contributed by atoms with van der Waals surface area (Å²) >= 11 is 0. The van der Waals surface area contributed by atoms with Gasteiger partial charge >= 0.3 is 0 Å². The molecule has 0 saturated carbocycles. The largest absolute Gasteiger partial charge is 0.310 e. The summed E-state index contributed by atoms with van der Waals surface area (Å²) in [5.74, 6) is 0. The van der Waals surface area contributed by atoms with Gasteiger partial charge in [-0.2, -0.15) is 0 Å². The summed E-state index contributed by atoms with van der Waals surface area (Å²) in [6.07, 6.45) is 0. The van der Waals surface area contributed by atoms with Crippen LogP contribution in [0.15, 0.2) is 194 Å². The van der Waals surface area contributed by atoms with Crippen molar-refractivity contribution in [3.63, 3.8) is 0 Å². The second-order valence-corrected chi connectivity index (χ2v) is 22.6. The Kier molecular flexibility index (Phi) is 12.7. The molecule has 2 heteroatoms. The molecule has 382 valence electrons. The third kappa shape index (κ3) is 8.80. The maximum Gasteiger partial charge on any atom is 0.0540 e. The number of anilines is 6. The van der Waals surface area contributed by atoms with Crippen molar-refractivity contribution in [2.45, 2.75) is 83.1 Å². The Morgan fingerprint density at radius 2 is 0.474 bits per heavy atom. The number of benzene rings is 12. The van der Waals surface area contributed by atoms with E-state index in [2.05, 4.69) is 287 Å². The lowest BCUT2D eigenvalue weighted by atomic mass is 9.89. The van der Waals surface area contributed by atoms with Crippen LogP contribution in [0.1, 0.15) is 66.8 Å². The number of hydrogen-bond acceptors (Lipinski definition) is 2. The van der Waals surface area contributed by atoms with Crippen molar-refractivity contribution in [3.8, 4) is 44.5 Å². The quantitative estimate of drug-likeness (QED) is 0.126. The highest BCUT2D eigenvalue weighted by atomic mass is 15.2. The molecular weight excluding hydrogens is 941 g/mol. The van der Waals surface area contributed by atoms with Crippen LogP contribution >= 0.6 is 0 Å². The molecule has 0 spiro atoms. The summed E-state index contributed by atoms with van der Waals surface area (Å²) in [6, 6.07) is 74.1. The minimum atomic E-state index is 1.12. The van der Waals surface area contributed by atoms with Crippen LogP contribution < -0.4 is 9.80 Å². The fourth-order valence-corrected chi connectivity index (χ4v) is 13.3. The maximum atomic E-state index is 2.54. The van der Waals surface area contributed by atoms with Gasteiger partial charge in [0.2, 0.25) is 0 Å². The van der Waals surface area contributed by atoms with E-state index < -0.39 is 0 Å². The fraction of sp³-hybridized carbons (Fsp3) is 0.158. The minimum absolute atomic E-state index is 1.12. The zero-order valence-electron chi connectivity index (χ0n) is 47.4. The van der Waals surface area contributed by atoms with Gasteiger partial charge in [0.25, 0.3) is 0 Å². The minimum Gasteiger partial charge on any atom is -0.310 e. The van der Waals surface area contributed by atoms with E-state index in [1.54, 1.807) is 0 Å². The smallest absolute Gasteiger partial charge is 0.0540 e. The molecule has 0 saturated heterocycles. The van der Waals surface area contributed by atoms with Crippen LogP contribution in [0.5, 0.6) is 0 Å². The van der Waals surface area contributed by atoms with Crippen molar-refractivity contribution in [1.29, 1.82) is 0 Å². The SMILES string of the molecule is Cc1cc(C)cc(N(c2cc(-c3c(C)cccc3C)cc(-c3c(C)cccc3C)c2)c2ccc3ccc4c(N(c5cc(C)cc(C)c5)c5cc(-c6c(C)cccc6C)cc(-c6c(C)cccc6C)c5)ccc5ccc2c3c54)c1. The second kappa shape index (κ2) is 19.7. The molecule has 12 aromatic carbocycles. The average Bonchev–Trinajstić information content (AvgIpc) is 3.38. The van der Waals surface area contributed by atoms with E-state index in [0.29, 0.717) is 0 Å². The maximum absolute atomic E-state index is 2.54. The van der Waals surface area contributed by atoms with Gasteiger partial charge in [0.05, 0.1) is 11.4 Å². The van der Waals surface area contributed by atoms with Gasteiger partial charge in [-0.05, 0) is 289 Å². The van der Waals surface area contributed by atoms with Gasteiger partial charge in [-0.3, -0.25) is 0 Å². The molecule has 0 radical (unpaired) electrons. The number of aryl methyl sites for hydroxylation is 12. The van der Waals surface area contributed by atoms with E-state index in [0.717, 1.165) is 34.1 Å². The summed E-state index contributed by atoms with van der Waals surface area (Å²) in [5, 5.41) is 7.39. The lowest BCUT2D eigenvalue weighted by molar-refractivity contribution is 1.26. The molecule has 0 amide bonds. The Bertz CT molecular complexity index is 3820. The molecule has 0 aliphatic heterocycles. The Morgan fingerprint density at radius 1 is 0.231 bits per heavy atom. The molecule has 0 fully saturated rings. The molecule has 0 aromatic heterocycles. The van der Waals surface area contributed by atoms with Gasteiger partial charge < -0.3 is 9.80 Å². The van der Waals surface area contributed by atoms with Crippen molar-refractivity contribution >= 4 is 66.4 Å². The van der Waals surface area contributed by atoms with Gasteiger partial charge in [0.15, 0.2) is 0 Å². The van der Waals surface area contributed by atoms with Crippen LogP contribution in [0.25, 0.3) is 76.8 Å². The monoisotopic (exact) mass is 1010 g/mol. The van der Waals surface area contributed by atoms with Crippen LogP contribution in [0, 0.1) is 83.1 Å². The second-order valence-electron chi connectivity index (χ2n) is 22.6.